The molecule has 1 aromatic carbocycles. The van der Waals surface area contributed by atoms with Gasteiger partial charge < -0.3 is 14.6 Å². The minimum absolute atomic E-state index is 0.0349. The summed E-state index contributed by atoms with van der Waals surface area (Å²) in [4.78, 5) is 16.5. The third-order valence-electron chi connectivity index (χ3n) is 5.47. The Balaban J connectivity index is 1.44. The number of hydrogen-bond acceptors (Lipinski definition) is 4. The van der Waals surface area contributed by atoms with Gasteiger partial charge in [0.25, 0.3) is 5.91 Å². The molecule has 5 nitrogen and oxygen atoms in total. The van der Waals surface area contributed by atoms with Gasteiger partial charge >= 0.3 is 0 Å². The summed E-state index contributed by atoms with van der Waals surface area (Å²) in [5.41, 5.74) is 4.13. The maximum Gasteiger partial charge on any atom is 0.251 e. The number of carbonyl (C=O) groups excluding carboxylic acids is 1. The van der Waals surface area contributed by atoms with Crippen molar-refractivity contribution < 1.29 is 9.53 Å². The van der Waals surface area contributed by atoms with Gasteiger partial charge in [-0.1, -0.05) is 6.07 Å². The van der Waals surface area contributed by atoms with Crippen LogP contribution in [0.4, 0.5) is 0 Å². The van der Waals surface area contributed by atoms with Crippen LogP contribution in [0.1, 0.15) is 32.7 Å². The van der Waals surface area contributed by atoms with Crippen LogP contribution < -0.4 is 5.32 Å². The van der Waals surface area contributed by atoms with Crippen LogP contribution in [0.3, 0.4) is 0 Å². The first-order valence-corrected chi connectivity index (χ1v) is 10.9. The summed E-state index contributed by atoms with van der Waals surface area (Å²) >= 11 is 1.74. The fraction of sp³-hybridized carbons (Fsp3) is 0.348. The Morgan fingerprint density at radius 3 is 2.38 bits per heavy atom. The van der Waals surface area contributed by atoms with Crippen molar-refractivity contribution >= 4 is 17.2 Å². The van der Waals surface area contributed by atoms with Gasteiger partial charge in [0, 0.05) is 47.2 Å². The van der Waals surface area contributed by atoms with Crippen molar-refractivity contribution in [3.05, 3.63) is 75.7 Å². The molecule has 0 saturated carbocycles. The predicted molar refractivity (Wildman–Crippen MR) is 117 cm³/mol. The molecule has 6 heteroatoms. The summed E-state index contributed by atoms with van der Waals surface area (Å²) in [6, 6.07) is 16.4. The topological polar surface area (TPSA) is 46.5 Å². The highest BCUT2D eigenvalue weighted by Crippen LogP contribution is 2.25. The molecule has 4 rings (SSSR count). The van der Waals surface area contributed by atoms with Crippen molar-refractivity contribution in [3.8, 4) is 5.69 Å². The molecule has 0 radical (unpaired) electrons. The predicted octanol–water partition coefficient (Wildman–Crippen LogP) is 3.96. The van der Waals surface area contributed by atoms with Gasteiger partial charge in [0.2, 0.25) is 0 Å². The molecule has 1 fully saturated rings. The van der Waals surface area contributed by atoms with Crippen LogP contribution in [0.2, 0.25) is 0 Å². The van der Waals surface area contributed by atoms with Gasteiger partial charge in [0.1, 0.15) is 0 Å². The highest BCUT2D eigenvalue weighted by molar-refractivity contribution is 7.10. The van der Waals surface area contributed by atoms with Gasteiger partial charge in [-0.3, -0.25) is 9.69 Å². The third-order valence-corrected chi connectivity index (χ3v) is 6.45. The van der Waals surface area contributed by atoms with Gasteiger partial charge in [-0.2, -0.15) is 0 Å². The zero-order valence-electron chi connectivity index (χ0n) is 16.9. The fourth-order valence-electron chi connectivity index (χ4n) is 3.91. The summed E-state index contributed by atoms with van der Waals surface area (Å²) in [5.74, 6) is -0.0349. The SMILES string of the molecule is Cc1ccc(C)n1-c1ccc(C(=O)NC[C@H](c2cccs2)N2CCOCC2)cc1. The Bertz CT molecular complexity index is 922. The standard InChI is InChI=1S/C23H27N3O2S/c1-17-5-6-18(2)26(17)20-9-7-19(8-10-20)23(27)24-16-21(22-4-3-15-29-22)25-11-13-28-14-12-25/h3-10,15,21H,11-14,16H2,1-2H3,(H,24,27)/t21-/m1/s1. The van der Waals surface area contributed by atoms with E-state index in [9.17, 15) is 4.79 Å². The average Bonchev–Trinajstić information content (AvgIpc) is 3.39. The lowest BCUT2D eigenvalue weighted by Gasteiger charge is -2.34. The molecule has 152 valence electrons. The van der Waals surface area contributed by atoms with Crippen molar-refractivity contribution in [2.24, 2.45) is 0 Å². The Hall–Kier alpha value is -2.41. The number of carbonyl (C=O) groups is 1. The van der Waals surface area contributed by atoms with E-state index in [1.54, 1.807) is 11.3 Å². The van der Waals surface area contributed by atoms with Crippen molar-refractivity contribution in [1.82, 2.24) is 14.8 Å². The molecule has 1 saturated heterocycles. The number of benzene rings is 1. The van der Waals surface area contributed by atoms with E-state index in [0.717, 1.165) is 32.0 Å². The Labute approximate surface area is 175 Å². The zero-order chi connectivity index (χ0) is 20.2. The molecule has 1 atom stereocenters. The Kier molecular flexibility index (Phi) is 6.13. The van der Waals surface area contributed by atoms with Crippen molar-refractivity contribution in [2.75, 3.05) is 32.8 Å². The van der Waals surface area contributed by atoms with E-state index in [-0.39, 0.29) is 11.9 Å². The van der Waals surface area contributed by atoms with Crippen LogP contribution in [0, 0.1) is 13.8 Å². The maximum atomic E-state index is 12.8. The maximum absolute atomic E-state index is 12.8. The lowest BCUT2D eigenvalue weighted by atomic mass is 10.1. The lowest BCUT2D eigenvalue weighted by molar-refractivity contribution is 0.0169. The van der Waals surface area contributed by atoms with Crippen LogP contribution in [-0.2, 0) is 4.74 Å². The molecule has 0 unspecified atom stereocenters. The van der Waals surface area contributed by atoms with E-state index in [2.05, 4.69) is 58.3 Å². The quantitative estimate of drug-likeness (QED) is 0.670. The second-order valence-corrected chi connectivity index (χ2v) is 8.37. The second-order valence-electron chi connectivity index (χ2n) is 7.39. The lowest BCUT2D eigenvalue weighted by Crippen LogP contribution is -2.43. The molecule has 1 aliphatic heterocycles. The summed E-state index contributed by atoms with van der Waals surface area (Å²) < 4.78 is 7.68. The van der Waals surface area contributed by atoms with Crippen LogP contribution in [0.25, 0.3) is 5.69 Å². The van der Waals surface area contributed by atoms with Gasteiger partial charge in [0.05, 0.1) is 19.3 Å². The van der Waals surface area contributed by atoms with Gasteiger partial charge in [0.15, 0.2) is 0 Å². The summed E-state index contributed by atoms with van der Waals surface area (Å²) in [6.07, 6.45) is 0. The minimum Gasteiger partial charge on any atom is -0.379 e. The van der Waals surface area contributed by atoms with Gasteiger partial charge in [-0.15, -0.1) is 11.3 Å². The molecule has 0 spiro atoms. The molecule has 3 aromatic rings. The molecular formula is C23H27N3O2S. The van der Waals surface area contributed by atoms with E-state index in [4.69, 9.17) is 4.74 Å². The number of morpholine rings is 1. The summed E-state index contributed by atoms with van der Waals surface area (Å²) in [5, 5.41) is 5.23. The number of ether oxygens (including phenoxy) is 1. The number of nitrogens with zero attached hydrogens (tertiary/aromatic N) is 2. The largest absolute Gasteiger partial charge is 0.379 e. The molecular weight excluding hydrogens is 382 g/mol. The molecule has 0 aliphatic carbocycles. The minimum atomic E-state index is -0.0349. The van der Waals surface area contributed by atoms with Crippen LogP contribution in [0.15, 0.2) is 53.9 Å². The number of aryl methyl sites for hydroxylation is 2. The summed E-state index contributed by atoms with van der Waals surface area (Å²) in [7, 11) is 0. The van der Waals surface area contributed by atoms with Crippen LogP contribution in [0.5, 0.6) is 0 Å². The van der Waals surface area contributed by atoms with E-state index in [1.807, 2.05) is 24.3 Å². The number of aromatic nitrogens is 1. The highest BCUT2D eigenvalue weighted by Gasteiger charge is 2.24. The molecule has 1 N–H and O–H groups in total. The third kappa shape index (κ3) is 4.45. The number of rotatable bonds is 6. The van der Waals surface area contributed by atoms with Gasteiger partial charge in [-0.05, 0) is 61.7 Å². The fourth-order valence-corrected chi connectivity index (χ4v) is 4.77. The molecule has 29 heavy (non-hydrogen) atoms. The summed E-state index contributed by atoms with van der Waals surface area (Å²) in [6.45, 7) is 8.04. The first-order valence-electron chi connectivity index (χ1n) is 10.0. The number of nitrogens with one attached hydrogen (secondary N) is 1. The normalized spacial score (nSPS) is 15.9. The highest BCUT2D eigenvalue weighted by atomic mass is 32.1. The molecule has 2 aromatic heterocycles. The van der Waals surface area contributed by atoms with Crippen molar-refractivity contribution in [3.63, 3.8) is 0 Å². The van der Waals surface area contributed by atoms with E-state index in [0.29, 0.717) is 12.1 Å². The molecule has 0 bridgehead atoms. The molecule has 1 aliphatic rings. The Morgan fingerprint density at radius 2 is 1.76 bits per heavy atom. The van der Waals surface area contributed by atoms with E-state index >= 15 is 0 Å². The Morgan fingerprint density at radius 1 is 1.07 bits per heavy atom. The smallest absolute Gasteiger partial charge is 0.251 e. The first kappa shape index (κ1) is 19.9. The zero-order valence-corrected chi connectivity index (χ0v) is 17.7. The number of hydrogen-bond donors (Lipinski definition) is 1. The van der Waals surface area contributed by atoms with Crippen molar-refractivity contribution in [2.45, 2.75) is 19.9 Å². The van der Waals surface area contributed by atoms with Gasteiger partial charge in [-0.25, -0.2) is 0 Å². The first-order chi connectivity index (χ1) is 14.1. The average molecular weight is 410 g/mol. The van der Waals surface area contributed by atoms with E-state index in [1.165, 1.54) is 16.3 Å². The van der Waals surface area contributed by atoms with Crippen LogP contribution >= 0.6 is 11.3 Å². The number of thiophene rings is 1. The van der Waals surface area contributed by atoms with Crippen molar-refractivity contribution in [1.29, 1.82) is 0 Å². The number of amides is 1. The van der Waals surface area contributed by atoms with Crippen LogP contribution in [-0.4, -0.2) is 48.2 Å². The monoisotopic (exact) mass is 409 g/mol. The molecule has 3 heterocycles. The second kappa shape index (κ2) is 8.95. The molecule has 1 amide bonds. The van der Waals surface area contributed by atoms with E-state index < -0.39 is 0 Å².